The van der Waals surface area contributed by atoms with Gasteiger partial charge in [0.15, 0.2) is 0 Å². The molecule has 2 aliphatic heterocycles. The molecule has 0 aromatic carbocycles. The maximum atomic E-state index is 5.70. The fourth-order valence-electron chi connectivity index (χ4n) is 3.37. The number of rotatable bonds is 2. The van der Waals surface area contributed by atoms with Crippen LogP contribution in [0.2, 0.25) is 0 Å². The van der Waals surface area contributed by atoms with Crippen LogP contribution in [-0.2, 0) is 4.74 Å². The molecule has 2 atom stereocenters. The van der Waals surface area contributed by atoms with Crippen LogP contribution in [0.5, 0.6) is 0 Å². The molecule has 0 spiro atoms. The van der Waals surface area contributed by atoms with E-state index in [0.29, 0.717) is 18.1 Å². The van der Waals surface area contributed by atoms with E-state index >= 15 is 0 Å². The molecule has 0 aromatic heterocycles. The smallest absolute Gasteiger partial charge is 0.0622 e. The fraction of sp³-hybridized carbons (Fsp3) is 1.00. The van der Waals surface area contributed by atoms with Gasteiger partial charge in [-0.3, -0.25) is 4.90 Å². The molecule has 2 nitrogen and oxygen atoms in total. The summed E-state index contributed by atoms with van der Waals surface area (Å²) < 4.78 is 5.70. The minimum atomic E-state index is 0.678. The molecule has 2 unspecified atom stereocenters. The fourth-order valence-corrected chi connectivity index (χ4v) is 3.37. The third-order valence-electron chi connectivity index (χ3n) is 4.15. The van der Waals surface area contributed by atoms with Gasteiger partial charge >= 0.3 is 0 Å². The summed E-state index contributed by atoms with van der Waals surface area (Å²) in [6, 6.07) is 2.05. The van der Waals surface area contributed by atoms with Gasteiger partial charge in [0.1, 0.15) is 0 Å². The number of fused-ring (bicyclic) bond motifs is 2. The lowest BCUT2D eigenvalue weighted by Gasteiger charge is -2.51. The van der Waals surface area contributed by atoms with Crippen LogP contribution in [0.25, 0.3) is 0 Å². The Morgan fingerprint density at radius 1 is 1.00 bits per heavy atom. The van der Waals surface area contributed by atoms with Crippen LogP contribution in [0.1, 0.15) is 40.5 Å². The summed E-state index contributed by atoms with van der Waals surface area (Å²) >= 11 is 0. The van der Waals surface area contributed by atoms with Crippen molar-refractivity contribution < 1.29 is 4.74 Å². The predicted octanol–water partition coefficient (Wildman–Crippen LogP) is 2.53. The van der Waals surface area contributed by atoms with Crippen molar-refractivity contribution >= 4 is 0 Å². The predicted molar refractivity (Wildman–Crippen MR) is 62.9 cm³/mol. The third kappa shape index (κ3) is 2.21. The molecular weight excluding hydrogens is 186 g/mol. The van der Waals surface area contributed by atoms with E-state index in [1.807, 2.05) is 0 Å². The molecule has 2 heteroatoms. The van der Waals surface area contributed by atoms with Crippen LogP contribution in [-0.4, -0.2) is 36.2 Å². The zero-order valence-corrected chi connectivity index (χ0v) is 10.6. The molecule has 88 valence electrons. The maximum Gasteiger partial charge on any atom is 0.0622 e. The second kappa shape index (κ2) is 4.42. The molecule has 0 radical (unpaired) electrons. The first-order valence-electron chi connectivity index (χ1n) is 6.44. The van der Waals surface area contributed by atoms with Gasteiger partial charge in [-0.15, -0.1) is 0 Å². The second-order valence-electron chi connectivity index (χ2n) is 5.86. The first-order chi connectivity index (χ1) is 7.09. The van der Waals surface area contributed by atoms with Crippen molar-refractivity contribution in [2.75, 3.05) is 13.2 Å². The highest BCUT2D eigenvalue weighted by atomic mass is 16.5. The van der Waals surface area contributed by atoms with Gasteiger partial charge in [-0.05, 0) is 38.5 Å². The van der Waals surface area contributed by atoms with Crippen LogP contribution < -0.4 is 0 Å². The number of nitrogens with zero attached hydrogens (tertiary/aromatic N) is 1. The summed E-state index contributed by atoms with van der Waals surface area (Å²) in [7, 11) is 0. The Bertz CT molecular complexity index is 201. The van der Waals surface area contributed by atoms with Crippen LogP contribution in [0, 0.1) is 11.8 Å². The van der Waals surface area contributed by atoms with E-state index in [2.05, 4.69) is 32.6 Å². The molecule has 2 fully saturated rings. The topological polar surface area (TPSA) is 12.5 Å². The van der Waals surface area contributed by atoms with Crippen molar-refractivity contribution in [2.24, 2.45) is 11.8 Å². The Morgan fingerprint density at radius 3 is 1.93 bits per heavy atom. The van der Waals surface area contributed by atoms with E-state index in [-0.39, 0.29) is 0 Å². The van der Waals surface area contributed by atoms with E-state index in [4.69, 9.17) is 4.74 Å². The zero-order chi connectivity index (χ0) is 11.0. The first kappa shape index (κ1) is 11.4. The number of piperidine rings is 1. The SMILES string of the molecule is CC(C)C1CC2COCC(C1)N2C(C)C. The quantitative estimate of drug-likeness (QED) is 0.696. The minimum Gasteiger partial charge on any atom is -0.378 e. The normalized spacial score (nSPS) is 37.6. The standard InChI is InChI=1S/C13H25NO/c1-9(2)11-5-12-7-15-8-13(6-11)14(12)10(3)4/h9-13H,5-8H2,1-4H3. The summed E-state index contributed by atoms with van der Waals surface area (Å²) in [5.41, 5.74) is 0. The van der Waals surface area contributed by atoms with E-state index in [1.54, 1.807) is 0 Å². The summed E-state index contributed by atoms with van der Waals surface area (Å²) in [4.78, 5) is 2.70. The van der Waals surface area contributed by atoms with Gasteiger partial charge in [0.2, 0.25) is 0 Å². The Labute approximate surface area is 94.0 Å². The van der Waals surface area contributed by atoms with E-state index in [0.717, 1.165) is 25.0 Å². The van der Waals surface area contributed by atoms with Crippen molar-refractivity contribution in [3.8, 4) is 0 Å². The third-order valence-corrected chi connectivity index (χ3v) is 4.15. The molecule has 0 saturated carbocycles. The van der Waals surface area contributed by atoms with Crippen LogP contribution in [0.15, 0.2) is 0 Å². The summed E-state index contributed by atoms with van der Waals surface area (Å²) in [5, 5.41) is 0. The Morgan fingerprint density at radius 2 is 1.53 bits per heavy atom. The van der Waals surface area contributed by atoms with Crippen LogP contribution in [0.3, 0.4) is 0 Å². The molecule has 0 aromatic rings. The van der Waals surface area contributed by atoms with E-state index in [1.165, 1.54) is 12.8 Å². The molecule has 2 bridgehead atoms. The van der Waals surface area contributed by atoms with Crippen LogP contribution >= 0.6 is 0 Å². The monoisotopic (exact) mass is 211 g/mol. The molecule has 2 saturated heterocycles. The Hall–Kier alpha value is -0.0800. The molecule has 0 N–H and O–H groups in total. The molecule has 0 aliphatic carbocycles. The lowest BCUT2D eigenvalue weighted by Crippen LogP contribution is -2.59. The number of hydrogen-bond donors (Lipinski definition) is 0. The first-order valence-corrected chi connectivity index (χ1v) is 6.44. The minimum absolute atomic E-state index is 0.678. The number of morpholine rings is 1. The zero-order valence-electron chi connectivity index (χ0n) is 10.6. The van der Waals surface area contributed by atoms with Gasteiger partial charge < -0.3 is 4.74 Å². The molecular formula is C13H25NO. The lowest BCUT2D eigenvalue weighted by atomic mass is 9.78. The Balaban J connectivity index is 2.08. The highest BCUT2D eigenvalue weighted by molar-refractivity contribution is 4.93. The van der Waals surface area contributed by atoms with Gasteiger partial charge in [0, 0.05) is 18.1 Å². The van der Waals surface area contributed by atoms with Gasteiger partial charge in [-0.2, -0.15) is 0 Å². The van der Waals surface area contributed by atoms with Crippen LogP contribution in [0.4, 0.5) is 0 Å². The van der Waals surface area contributed by atoms with Crippen molar-refractivity contribution in [3.05, 3.63) is 0 Å². The van der Waals surface area contributed by atoms with Crippen molar-refractivity contribution in [2.45, 2.75) is 58.7 Å². The largest absolute Gasteiger partial charge is 0.378 e. The summed E-state index contributed by atoms with van der Waals surface area (Å²) in [6.07, 6.45) is 2.68. The molecule has 0 amide bonds. The Kier molecular flexibility index (Phi) is 3.36. The van der Waals surface area contributed by atoms with Gasteiger partial charge in [0.25, 0.3) is 0 Å². The van der Waals surface area contributed by atoms with Gasteiger partial charge in [-0.1, -0.05) is 13.8 Å². The lowest BCUT2D eigenvalue weighted by molar-refractivity contribution is -0.106. The average molecular weight is 211 g/mol. The molecule has 2 rings (SSSR count). The van der Waals surface area contributed by atoms with Gasteiger partial charge in [-0.25, -0.2) is 0 Å². The molecule has 2 aliphatic rings. The van der Waals surface area contributed by atoms with Crippen molar-refractivity contribution in [1.29, 1.82) is 0 Å². The summed E-state index contributed by atoms with van der Waals surface area (Å²) in [6.45, 7) is 11.3. The van der Waals surface area contributed by atoms with E-state index in [9.17, 15) is 0 Å². The van der Waals surface area contributed by atoms with E-state index < -0.39 is 0 Å². The highest BCUT2D eigenvalue weighted by Gasteiger charge is 2.40. The number of hydrogen-bond acceptors (Lipinski definition) is 2. The molecule has 15 heavy (non-hydrogen) atoms. The highest BCUT2D eigenvalue weighted by Crippen LogP contribution is 2.36. The average Bonchev–Trinajstić information content (AvgIpc) is 2.15. The van der Waals surface area contributed by atoms with Crippen molar-refractivity contribution in [3.63, 3.8) is 0 Å². The van der Waals surface area contributed by atoms with Gasteiger partial charge in [0.05, 0.1) is 13.2 Å². The maximum absolute atomic E-state index is 5.70. The summed E-state index contributed by atoms with van der Waals surface area (Å²) in [5.74, 6) is 1.75. The number of ether oxygens (including phenoxy) is 1. The molecule has 2 heterocycles. The second-order valence-corrected chi connectivity index (χ2v) is 5.86. The van der Waals surface area contributed by atoms with Crippen molar-refractivity contribution in [1.82, 2.24) is 4.90 Å².